The van der Waals surface area contributed by atoms with Crippen molar-refractivity contribution in [3.05, 3.63) is 0 Å². The normalized spacial score (nSPS) is 12.9. The van der Waals surface area contributed by atoms with Crippen LogP contribution in [0.5, 0.6) is 0 Å². The molecule has 0 aromatic carbocycles. The number of amides is 2. The average molecular weight is 333 g/mol. The molecule has 0 radical (unpaired) electrons. The molecular weight excluding hydrogens is 307 g/mol. The standard InChI is InChI=1S/C12H26N2O4.2ClH/c1-10(17)14(4,5)11(9-16)8-12(18)13(2,3)6-7-15;;/h11,15-16H,6-9H2,1-5H3;2*1H/q+2;;/p-2. The Morgan fingerprint density at radius 2 is 1.50 bits per heavy atom. The number of nitrogens with zero attached hydrogens (tertiary/aromatic N) is 2. The zero-order valence-corrected chi connectivity index (χ0v) is 14.3. The summed E-state index contributed by atoms with van der Waals surface area (Å²) in [6.07, 6.45) is 0.107. The Hall–Kier alpha value is -0.240. The van der Waals surface area contributed by atoms with Crippen molar-refractivity contribution in [1.29, 1.82) is 0 Å². The van der Waals surface area contributed by atoms with E-state index < -0.39 is 6.04 Å². The summed E-state index contributed by atoms with van der Waals surface area (Å²) in [6, 6.07) is -0.453. The molecule has 0 bridgehead atoms. The summed E-state index contributed by atoms with van der Waals surface area (Å²) in [4.78, 5) is 23.6. The van der Waals surface area contributed by atoms with E-state index in [1.807, 2.05) is 0 Å². The lowest BCUT2D eigenvalue weighted by Crippen LogP contribution is -3.00. The van der Waals surface area contributed by atoms with Gasteiger partial charge in [0.05, 0.1) is 48.3 Å². The molecule has 2 N–H and O–H groups in total. The van der Waals surface area contributed by atoms with Crippen LogP contribution in [0.15, 0.2) is 0 Å². The van der Waals surface area contributed by atoms with Crippen LogP contribution in [-0.2, 0) is 9.59 Å². The number of hydrogen-bond donors (Lipinski definition) is 2. The van der Waals surface area contributed by atoms with E-state index in [9.17, 15) is 14.7 Å². The number of rotatable bonds is 6. The summed E-state index contributed by atoms with van der Waals surface area (Å²) >= 11 is 0. The second kappa shape index (κ2) is 9.65. The smallest absolute Gasteiger partial charge is 0.319 e. The van der Waals surface area contributed by atoms with Crippen LogP contribution in [-0.4, -0.2) is 85.0 Å². The Balaban J connectivity index is -0.00000144. The quantitative estimate of drug-likeness (QED) is 0.474. The fourth-order valence-corrected chi connectivity index (χ4v) is 1.58. The summed E-state index contributed by atoms with van der Waals surface area (Å²) in [6.45, 7) is 1.47. The molecule has 0 fully saturated rings. The van der Waals surface area contributed by atoms with Gasteiger partial charge in [-0.1, -0.05) is 0 Å². The Bertz CT molecular complexity index is 323. The highest BCUT2D eigenvalue weighted by atomic mass is 35.5. The first-order chi connectivity index (χ1) is 8.09. The summed E-state index contributed by atoms with van der Waals surface area (Å²) in [7, 11) is 6.78. The summed E-state index contributed by atoms with van der Waals surface area (Å²) in [5, 5.41) is 18.3. The molecule has 0 saturated heterocycles. The molecule has 1 atom stereocenters. The van der Waals surface area contributed by atoms with Crippen LogP contribution in [0.4, 0.5) is 0 Å². The van der Waals surface area contributed by atoms with Crippen molar-refractivity contribution in [1.82, 2.24) is 0 Å². The fraction of sp³-hybridized carbons (Fsp3) is 0.833. The van der Waals surface area contributed by atoms with Gasteiger partial charge in [0.15, 0.2) is 0 Å². The summed E-state index contributed by atoms with van der Waals surface area (Å²) in [5.74, 6) is -0.204. The minimum atomic E-state index is -0.453. The number of likely N-dealkylation sites (N-methyl/N-ethyl adjacent to an activating group) is 2. The third kappa shape index (κ3) is 6.47. The number of aliphatic hydroxyl groups excluding tert-OH is 2. The van der Waals surface area contributed by atoms with E-state index in [1.165, 1.54) is 6.92 Å². The second-order valence-electron chi connectivity index (χ2n) is 5.63. The molecule has 20 heavy (non-hydrogen) atoms. The van der Waals surface area contributed by atoms with Crippen molar-refractivity contribution in [2.45, 2.75) is 19.4 Å². The average Bonchev–Trinajstić information content (AvgIpc) is 2.24. The van der Waals surface area contributed by atoms with Gasteiger partial charge in [-0.15, -0.1) is 0 Å². The molecule has 0 aliphatic carbocycles. The van der Waals surface area contributed by atoms with Crippen molar-refractivity contribution < 1.29 is 53.6 Å². The number of carbonyl (C=O) groups is 2. The van der Waals surface area contributed by atoms with Gasteiger partial charge in [0.25, 0.3) is 0 Å². The van der Waals surface area contributed by atoms with Crippen LogP contribution in [0, 0.1) is 0 Å². The Labute approximate surface area is 133 Å². The highest BCUT2D eigenvalue weighted by molar-refractivity contribution is 5.70. The molecule has 1 unspecified atom stereocenters. The Kier molecular flexibility index (Phi) is 11.9. The van der Waals surface area contributed by atoms with Crippen LogP contribution in [0.1, 0.15) is 13.3 Å². The second-order valence-corrected chi connectivity index (χ2v) is 5.63. The molecule has 6 nitrogen and oxygen atoms in total. The van der Waals surface area contributed by atoms with Crippen LogP contribution < -0.4 is 24.8 Å². The van der Waals surface area contributed by atoms with Crippen LogP contribution >= 0.6 is 0 Å². The molecule has 8 heteroatoms. The monoisotopic (exact) mass is 332 g/mol. The molecule has 0 heterocycles. The summed E-state index contributed by atoms with van der Waals surface area (Å²) in [5.41, 5.74) is 0. The molecule has 2 amide bonds. The van der Waals surface area contributed by atoms with Gasteiger partial charge < -0.3 is 35.0 Å². The number of aliphatic hydroxyl groups is 2. The van der Waals surface area contributed by atoms with Gasteiger partial charge in [0.1, 0.15) is 19.0 Å². The predicted octanol–water partition coefficient (Wildman–Crippen LogP) is -7.04. The van der Waals surface area contributed by atoms with Gasteiger partial charge in [0.2, 0.25) is 0 Å². The molecule has 122 valence electrons. The molecule has 0 saturated carbocycles. The van der Waals surface area contributed by atoms with E-state index >= 15 is 0 Å². The van der Waals surface area contributed by atoms with Gasteiger partial charge in [-0.25, -0.2) is 9.59 Å². The number of hydrogen-bond acceptors (Lipinski definition) is 4. The van der Waals surface area contributed by atoms with E-state index in [1.54, 1.807) is 28.2 Å². The van der Waals surface area contributed by atoms with Crippen molar-refractivity contribution in [2.24, 2.45) is 0 Å². The van der Waals surface area contributed by atoms with Crippen molar-refractivity contribution in [2.75, 3.05) is 47.9 Å². The molecule has 0 rings (SSSR count). The molecule has 0 aliphatic rings. The van der Waals surface area contributed by atoms with Crippen molar-refractivity contribution in [3.63, 3.8) is 0 Å². The van der Waals surface area contributed by atoms with Gasteiger partial charge >= 0.3 is 11.8 Å². The number of halogens is 2. The lowest BCUT2D eigenvalue weighted by Gasteiger charge is -2.35. The molecule has 0 spiro atoms. The minimum absolute atomic E-state index is 0. The largest absolute Gasteiger partial charge is 1.00 e. The zero-order valence-electron chi connectivity index (χ0n) is 12.8. The first-order valence-electron chi connectivity index (χ1n) is 6.02. The van der Waals surface area contributed by atoms with Crippen LogP contribution in [0.3, 0.4) is 0 Å². The molecule has 0 aromatic rings. The molecule has 0 aromatic heterocycles. The lowest BCUT2D eigenvalue weighted by atomic mass is 10.1. The maximum absolute atomic E-state index is 12.1. The van der Waals surface area contributed by atoms with Crippen LogP contribution in [0.2, 0.25) is 0 Å². The molecular formula is C12H26Cl2N2O4. The minimum Gasteiger partial charge on any atom is -1.00 e. The third-order valence-corrected chi connectivity index (χ3v) is 3.68. The van der Waals surface area contributed by atoms with Gasteiger partial charge in [-0.3, -0.25) is 8.97 Å². The fourth-order valence-electron chi connectivity index (χ4n) is 1.58. The van der Waals surface area contributed by atoms with Crippen LogP contribution in [0.25, 0.3) is 0 Å². The van der Waals surface area contributed by atoms with Gasteiger partial charge in [0, 0.05) is 0 Å². The third-order valence-electron chi connectivity index (χ3n) is 3.68. The number of quaternary nitrogens is 2. The lowest BCUT2D eigenvalue weighted by molar-refractivity contribution is -0.847. The van der Waals surface area contributed by atoms with E-state index in [0.29, 0.717) is 6.54 Å². The number of carbonyl (C=O) groups excluding carboxylic acids is 2. The predicted molar refractivity (Wildman–Crippen MR) is 67.3 cm³/mol. The van der Waals surface area contributed by atoms with E-state index in [2.05, 4.69) is 0 Å². The maximum Gasteiger partial charge on any atom is 0.319 e. The van der Waals surface area contributed by atoms with Crippen molar-refractivity contribution in [3.8, 4) is 0 Å². The highest BCUT2D eigenvalue weighted by Crippen LogP contribution is 2.14. The van der Waals surface area contributed by atoms with E-state index in [0.717, 1.165) is 0 Å². The Morgan fingerprint density at radius 1 is 1.05 bits per heavy atom. The summed E-state index contributed by atoms with van der Waals surface area (Å²) < 4.78 is 0.0201. The van der Waals surface area contributed by atoms with Crippen molar-refractivity contribution >= 4 is 11.8 Å². The topological polar surface area (TPSA) is 74.6 Å². The van der Waals surface area contributed by atoms with Gasteiger partial charge in [-0.05, 0) is 0 Å². The SMILES string of the molecule is CC(=O)[N+](C)(C)C(CO)CC(=O)[N+](C)(C)CCO.[Cl-].[Cl-]. The van der Waals surface area contributed by atoms with Gasteiger partial charge in [-0.2, -0.15) is 0 Å². The highest BCUT2D eigenvalue weighted by Gasteiger charge is 2.38. The Morgan fingerprint density at radius 3 is 1.80 bits per heavy atom. The first-order valence-corrected chi connectivity index (χ1v) is 6.02. The maximum atomic E-state index is 12.1. The zero-order chi connectivity index (χ0) is 14.6. The van der Waals surface area contributed by atoms with E-state index in [-0.39, 0.29) is 65.2 Å². The molecule has 0 aliphatic heterocycles. The first kappa shape index (κ1) is 24.8. The van der Waals surface area contributed by atoms with E-state index in [4.69, 9.17) is 5.11 Å².